The first kappa shape index (κ1) is 11.6. The van der Waals surface area contributed by atoms with Crippen LogP contribution in [0.5, 0.6) is 0 Å². The summed E-state index contributed by atoms with van der Waals surface area (Å²) in [4.78, 5) is 1.39. The minimum absolute atomic E-state index is 0.249. The Morgan fingerprint density at radius 1 is 1.43 bits per heavy atom. The second kappa shape index (κ2) is 5.42. The molecule has 2 heteroatoms. The number of aryl methyl sites for hydroxylation is 1. The predicted octanol–water partition coefficient (Wildman–Crippen LogP) is 3.00. The van der Waals surface area contributed by atoms with E-state index in [0.717, 1.165) is 12.2 Å². The van der Waals surface area contributed by atoms with Crippen LogP contribution in [-0.2, 0) is 6.42 Å². The molecule has 0 spiro atoms. The number of benzene rings is 1. The number of rotatable bonds is 4. The maximum absolute atomic E-state index is 5.77. The fourth-order valence-electron chi connectivity index (χ4n) is 1.53. The molecule has 78 valence electrons. The lowest BCUT2D eigenvalue weighted by atomic mass is 10.1. The van der Waals surface area contributed by atoms with Crippen molar-refractivity contribution in [1.82, 2.24) is 0 Å². The van der Waals surface area contributed by atoms with E-state index in [0.29, 0.717) is 0 Å². The van der Waals surface area contributed by atoms with Crippen molar-refractivity contribution in [2.75, 3.05) is 5.75 Å². The smallest absolute Gasteiger partial charge is 0.0101 e. The molecule has 1 unspecified atom stereocenters. The van der Waals surface area contributed by atoms with Gasteiger partial charge in [0, 0.05) is 10.9 Å². The van der Waals surface area contributed by atoms with Crippen molar-refractivity contribution in [2.45, 2.75) is 38.1 Å². The zero-order valence-corrected chi connectivity index (χ0v) is 10.0. The molecule has 1 atom stereocenters. The molecule has 2 N–H and O–H groups in total. The lowest BCUT2D eigenvalue weighted by Crippen LogP contribution is -2.17. The Morgan fingerprint density at radius 3 is 2.64 bits per heavy atom. The van der Waals surface area contributed by atoms with E-state index in [1.165, 1.54) is 16.0 Å². The number of hydrogen-bond donors (Lipinski definition) is 1. The van der Waals surface area contributed by atoms with Gasteiger partial charge < -0.3 is 5.73 Å². The highest BCUT2D eigenvalue weighted by Crippen LogP contribution is 2.23. The minimum Gasteiger partial charge on any atom is -0.328 e. The molecule has 1 nitrogen and oxygen atoms in total. The van der Waals surface area contributed by atoms with Crippen LogP contribution in [0.4, 0.5) is 0 Å². The molecule has 0 saturated heterocycles. The van der Waals surface area contributed by atoms with Gasteiger partial charge in [0.25, 0.3) is 0 Å². The molecule has 0 fully saturated rings. The van der Waals surface area contributed by atoms with Gasteiger partial charge >= 0.3 is 0 Å². The molecule has 0 aromatic heterocycles. The van der Waals surface area contributed by atoms with E-state index < -0.39 is 0 Å². The lowest BCUT2D eigenvalue weighted by Gasteiger charge is -2.09. The second-order valence-corrected chi connectivity index (χ2v) is 5.02. The highest BCUT2D eigenvalue weighted by molar-refractivity contribution is 7.99. The molecule has 1 aromatic carbocycles. The van der Waals surface area contributed by atoms with Gasteiger partial charge in [-0.2, -0.15) is 0 Å². The highest BCUT2D eigenvalue weighted by atomic mass is 32.2. The molecule has 1 aromatic rings. The molecule has 0 heterocycles. The Balaban J connectivity index is 2.78. The van der Waals surface area contributed by atoms with Gasteiger partial charge in [0.15, 0.2) is 0 Å². The zero-order chi connectivity index (χ0) is 10.6. The average molecular weight is 209 g/mol. The topological polar surface area (TPSA) is 26.0 Å². The molecule has 0 aliphatic rings. The summed E-state index contributed by atoms with van der Waals surface area (Å²) >= 11 is 1.90. The monoisotopic (exact) mass is 209 g/mol. The Bertz CT molecular complexity index is 294. The van der Waals surface area contributed by atoms with Crippen LogP contribution in [0.2, 0.25) is 0 Å². The first-order valence-corrected chi connectivity index (χ1v) is 6.10. The zero-order valence-electron chi connectivity index (χ0n) is 9.21. The third kappa shape index (κ3) is 3.35. The van der Waals surface area contributed by atoms with Crippen LogP contribution in [-0.4, -0.2) is 11.8 Å². The summed E-state index contributed by atoms with van der Waals surface area (Å²) in [5.74, 6) is 1.13. The maximum atomic E-state index is 5.77. The van der Waals surface area contributed by atoms with Gasteiger partial charge in [0.05, 0.1) is 0 Å². The summed E-state index contributed by atoms with van der Waals surface area (Å²) in [5.41, 5.74) is 8.48. The van der Waals surface area contributed by atoms with Gasteiger partial charge in [0.1, 0.15) is 0 Å². The van der Waals surface area contributed by atoms with Gasteiger partial charge in [-0.1, -0.05) is 19.1 Å². The Hall–Kier alpha value is -0.470. The Labute approximate surface area is 91.1 Å². The normalized spacial score (nSPS) is 12.9. The van der Waals surface area contributed by atoms with Crippen LogP contribution in [0.3, 0.4) is 0 Å². The third-order valence-corrected chi connectivity index (χ3v) is 3.15. The molecule has 14 heavy (non-hydrogen) atoms. The van der Waals surface area contributed by atoms with E-state index in [9.17, 15) is 0 Å². The molecule has 0 aliphatic carbocycles. The molecule has 0 bridgehead atoms. The number of nitrogens with two attached hydrogens (primary N) is 1. The molecular formula is C12H19NS. The summed E-state index contributed by atoms with van der Waals surface area (Å²) in [5, 5.41) is 0. The van der Waals surface area contributed by atoms with Crippen molar-refractivity contribution in [2.24, 2.45) is 5.73 Å². The SMILES string of the molecule is CCSc1ccc(CC(C)N)cc1C. The second-order valence-electron chi connectivity index (χ2n) is 3.71. The van der Waals surface area contributed by atoms with E-state index >= 15 is 0 Å². The fourth-order valence-corrected chi connectivity index (χ4v) is 2.29. The summed E-state index contributed by atoms with van der Waals surface area (Å²) in [6, 6.07) is 6.90. The summed E-state index contributed by atoms with van der Waals surface area (Å²) < 4.78 is 0. The van der Waals surface area contributed by atoms with Crippen molar-refractivity contribution >= 4 is 11.8 Å². The summed E-state index contributed by atoms with van der Waals surface area (Å²) in [7, 11) is 0. The Kier molecular flexibility index (Phi) is 4.49. The maximum Gasteiger partial charge on any atom is 0.0101 e. The number of thioether (sulfide) groups is 1. The van der Waals surface area contributed by atoms with Crippen LogP contribution < -0.4 is 5.73 Å². The van der Waals surface area contributed by atoms with Crippen LogP contribution in [0.15, 0.2) is 23.1 Å². The van der Waals surface area contributed by atoms with Crippen LogP contribution >= 0.6 is 11.8 Å². The molecule has 0 radical (unpaired) electrons. The lowest BCUT2D eigenvalue weighted by molar-refractivity contribution is 0.737. The van der Waals surface area contributed by atoms with Crippen molar-refractivity contribution in [3.8, 4) is 0 Å². The summed E-state index contributed by atoms with van der Waals surface area (Å²) in [6.45, 7) is 6.40. The standard InChI is InChI=1S/C12H19NS/c1-4-14-12-6-5-11(7-9(12)2)8-10(3)13/h5-7,10H,4,8,13H2,1-3H3. The molecule has 0 aliphatic heterocycles. The van der Waals surface area contributed by atoms with Crippen molar-refractivity contribution in [3.05, 3.63) is 29.3 Å². The number of hydrogen-bond acceptors (Lipinski definition) is 2. The van der Waals surface area contributed by atoms with E-state index in [1.54, 1.807) is 0 Å². The van der Waals surface area contributed by atoms with Crippen molar-refractivity contribution < 1.29 is 0 Å². The third-order valence-electron chi connectivity index (χ3n) is 2.10. The largest absolute Gasteiger partial charge is 0.328 e. The molecule has 0 amide bonds. The quantitative estimate of drug-likeness (QED) is 0.771. The minimum atomic E-state index is 0.249. The fraction of sp³-hybridized carbons (Fsp3) is 0.500. The van der Waals surface area contributed by atoms with E-state index in [4.69, 9.17) is 5.73 Å². The molecule has 0 saturated carbocycles. The van der Waals surface area contributed by atoms with Gasteiger partial charge in [-0.15, -0.1) is 11.8 Å². The first-order valence-electron chi connectivity index (χ1n) is 5.11. The molecular weight excluding hydrogens is 190 g/mol. The molecule has 1 rings (SSSR count). The van der Waals surface area contributed by atoms with E-state index in [1.807, 2.05) is 18.7 Å². The van der Waals surface area contributed by atoms with Crippen molar-refractivity contribution in [3.63, 3.8) is 0 Å². The van der Waals surface area contributed by atoms with Crippen LogP contribution in [0, 0.1) is 6.92 Å². The van der Waals surface area contributed by atoms with Crippen LogP contribution in [0.1, 0.15) is 25.0 Å². The van der Waals surface area contributed by atoms with E-state index in [2.05, 4.69) is 32.0 Å². The summed E-state index contributed by atoms with van der Waals surface area (Å²) in [6.07, 6.45) is 0.970. The van der Waals surface area contributed by atoms with Crippen molar-refractivity contribution in [1.29, 1.82) is 0 Å². The predicted molar refractivity (Wildman–Crippen MR) is 64.9 cm³/mol. The Morgan fingerprint density at radius 2 is 2.14 bits per heavy atom. The average Bonchev–Trinajstić information content (AvgIpc) is 2.09. The highest BCUT2D eigenvalue weighted by Gasteiger charge is 2.01. The van der Waals surface area contributed by atoms with Gasteiger partial charge in [-0.3, -0.25) is 0 Å². The van der Waals surface area contributed by atoms with Gasteiger partial charge in [-0.05, 0) is 43.2 Å². The van der Waals surface area contributed by atoms with E-state index in [-0.39, 0.29) is 6.04 Å². The first-order chi connectivity index (χ1) is 6.63. The van der Waals surface area contributed by atoms with Gasteiger partial charge in [0.2, 0.25) is 0 Å². The van der Waals surface area contributed by atoms with Gasteiger partial charge in [-0.25, -0.2) is 0 Å². The van der Waals surface area contributed by atoms with Crippen LogP contribution in [0.25, 0.3) is 0 Å².